The summed E-state index contributed by atoms with van der Waals surface area (Å²) in [6.45, 7) is 6.04. The highest BCUT2D eigenvalue weighted by Crippen LogP contribution is 2.31. The third kappa shape index (κ3) is 6.70. The summed E-state index contributed by atoms with van der Waals surface area (Å²) in [6, 6.07) is 14.3. The summed E-state index contributed by atoms with van der Waals surface area (Å²) in [7, 11) is 0. The summed E-state index contributed by atoms with van der Waals surface area (Å²) < 4.78 is 17.8. The van der Waals surface area contributed by atoms with E-state index in [1.165, 1.54) is 4.68 Å². The van der Waals surface area contributed by atoms with Gasteiger partial charge in [-0.05, 0) is 44.0 Å². The van der Waals surface area contributed by atoms with Crippen LogP contribution >= 0.6 is 0 Å². The van der Waals surface area contributed by atoms with Gasteiger partial charge in [0.2, 0.25) is 6.23 Å². The molecular weight excluding hydrogens is 462 g/mol. The van der Waals surface area contributed by atoms with Crippen molar-refractivity contribution >= 4 is 17.7 Å². The van der Waals surface area contributed by atoms with Gasteiger partial charge in [-0.3, -0.25) is 10.2 Å². The fraction of sp³-hybridized carbons (Fsp3) is 0.308. The van der Waals surface area contributed by atoms with Crippen molar-refractivity contribution in [2.24, 2.45) is 5.73 Å². The van der Waals surface area contributed by atoms with Gasteiger partial charge in [-0.15, -0.1) is 0 Å². The molecule has 1 atom stereocenters. The second-order valence-electron chi connectivity index (χ2n) is 7.87. The highest BCUT2D eigenvalue weighted by atomic mass is 16.6. The van der Waals surface area contributed by atoms with Crippen LogP contribution in [0.1, 0.15) is 36.8 Å². The number of hydrogen-bond donors (Lipinski definition) is 3. The Morgan fingerprint density at radius 3 is 2.50 bits per heavy atom. The van der Waals surface area contributed by atoms with Gasteiger partial charge >= 0.3 is 5.97 Å². The number of ether oxygens (including phenoxy) is 3. The van der Waals surface area contributed by atoms with Crippen LogP contribution in [0.4, 0.5) is 0 Å². The minimum absolute atomic E-state index is 0.0142. The molecule has 2 aromatic carbocycles. The minimum atomic E-state index is -0.980. The molecule has 0 aliphatic carbocycles. The number of hydrogen-bond acceptors (Lipinski definition) is 7. The van der Waals surface area contributed by atoms with Gasteiger partial charge < -0.3 is 25.3 Å². The van der Waals surface area contributed by atoms with Crippen molar-refractivity contribution in [2.75, 3.05) is 19.8 Å². The van der Waals surface area contributed by atoms with Crippen molar-refractivity contribution in [3.63, 3.8) is 0 Å². The van der Waals surface area contributed by atoms with Gasteiger partial charge in [0, 0.05) is 30.5 Å². The molecule has 3 aromatic rings. The van der Waals surface area contributed by atoms with Crippen LogP contribution in [0.15, 0.2) is 54.7 Å². The number of amidine groups is 1. The van der Waals surface area contributed by atoms with Crippen molar-refractivity contribution in [3.8, 4) is 17.0 Å². The second-order valence-corrected chi connectivity index (χ2v) is 7.87. The van der Waals surface area contributed by atoms with E-state index in [0.29, 0.717) is 29.2 Å². The molecule has 1 unspecified atom stereocenters. The van der Waals surface area contributed by atoms with E-state index in [4.69, 9.17) is 25.4 Å². The van der Waals surface area contributed by atoms with E-state index in [2.05, 4.69) is 10.4 Å². The van der Waals surface area contributed by atoms with Crippen molar-refractivity contribution in [1.82, 2.24) is 15.1 Å². The van der Waals surface area contributed by atoms with Gasteiger partial charge in [-0.1, -0.05) is 36.4 Å². The zero-order chi connectivity index (χ0) is 26.1. The topological polar surface area (TPSA) is 142 Å². The van der Waals surface area contributed by atoms with Crippen molar-refractivity contribution < 1.29 is 23.8 Å². The molecule has 1 heterocycles. The molecule has 10 heteroatoms. The first kappa shape index (κ1) is 26.4. The third-order valence-electron chi connectivity index (χ3n) is 5.23. The molecule has 0 fully saturated rings. The first-order valence-corrected chi connectivity index (χ1v) is 11.6. The number of carbonyl (C=O) groups is 2. The van der Waals surface area contributed by atoms with Crippen LogP contribution < -0.4 is 15.8 Å². The molecular formula is C26H31N5O5. The van der Waals surface area contributed by atoms with Crippen LogP contribution in [0, 0.1) is 12.3 Å². The number of nitrogen functional groups attached to an aromatic ring is 1. The molecule has 0 spiro atoms. The maximum absolute atomic E-state index is 13.0. The predicted molar refractivity (Wildman–Crippen MR) is 134 cm³/mol. The Morgan fingerprint density at radius 1 is 1.11 bits per heavy atom. The number of rotatable bonds is 12. The average molecular weight is 494 g/mol. The summed E-state index contributed by atoms with van der Waals surface area (Å²) >= 11 is 0. The molecule has 1 amide bonds. The SMILES string of the molecule is CCOC(=O)COc1ccccc1-c1nn(C(OCC)C(=O)NCc2ccc(C(=N)N)cc2)cc1C. The van der Waals surface area contributed by atoms with E-state index in [9.17, 15) is 9.59 Å². The number of esters is 1. The minimum Gasteiger partial charge on any atom is -0.481 e. The number of nitrogens with one attached hydrogen (secondary N) is 2. The Kier molecular flexibility index (Phi) is 9.18. The third-order valence-corrected chi connectivity index (χ3v) is 5.23. The van der Waals surface area contributed by atoms with Gasteiger partial charge in [0.15, 0.2) is 6.61 Å². The molecule has 190 valence electrons. The first-order chi connectivity index (χ1) is 17.3. The highest BCUT2D eigenvalue weighted by Gasteiger charge is 2.24. The first-order valence-electron chi connectivity index (χ1n) is 11.6. The van der Waals surface area contributed by atoms with Gasteiger partial charge in [-0.25, -0.2) is 9.48 Å². The standard InChI is InChI=1S/C26H31N5O5/c1-4-34-22(32)16-36-21-9-7-6-8-20(21)23-17(3)15-31(30-23)26(35-5-2)25(33)29-14-18-10-12-19(13-11-18)24(27)28/h6-13,15,26H,4-5,14,16H2,1-3H3,(H3,27,28)(H,29,33). The van der Waals surface area contributed by atoms with Crippen LogP contribution in [-0.4, -0.2) is 47.3 Å². The van der Waals surface area contributed by atoms with Crippen LogP contribution in [0.25, 0.3) is 11.3 Å². The molecule has 0 saturated carbocycles. The Labute approximate surface area is 209 Å². The second kappa shape index (κ2) is 12.5. The summed E-state index contributed by atoms with van der Waals surface area (Å²) in [5.74, 6) is -0.350. The molecule has 1 aromatic heterocycles. The number of nitrogens with two attached hydrogens (primary N) is 1. The van der Waals surface area contributed by atoms with E-state index >= 15 is 0 Å². The molecule has 0 radical (unpaired) electrons. The maximum atomic E-state index is 13.0. The van der Waals surface area contributed by atoms with E-state index < -0.39 is 12.2 Å². The molecule has 10 nitrogen and oxygen atoms in total. The predicted octanol–water partition coefficient (Wildman–Crippen LogP) is 2.94. The fourth-order valence-corrected chi connectivity index (χ4v) is 3.51. The summed E-state index contributed by atoms with van der Waals surface area (Å²) in [6.07, 6.45) is 0.755. The van der Waals surface area contributed by atoms with Crippen molar-refractivity contribution in [3.05, 3.63) is 71.4 Å². The fourth-order valence-electron chi connectivity index (χ4n) is 3.51. The van der Waals surface area contributed by atoms with Crippen molar-refractivity contribution in [1.29, 1.82) is 5.41 Å². The van der Waals surface area contributed by atoms with Gasteiger partial charge in [0.25, 0.3) is 5.91 Å². The van der Waals surface area contributed by atoms with Crippen LogP contribution in [0.5, 0.6) is 5.75 Å². The number of amides is 1. The quantitative estimate of drug-likeness (QED) is 0.200. The molecule has 0 aliphatic rings. The zero-order valence-corrected chi connectivity index (χ0v) is 20.6. The Morgan fingerprint density at radius 2 is 1.83 bits per heavy atom. The van der Waals surface area contributed by atoms with E-state index in [1.807, 2.05) is 19.1 Å². The lowest BCUT2D eigenvalue weighted by Gasteiger charge is -2.17. The van der Waals surface area contributed by atoms with Gasteiger partial charge in [0.05, 0.1) is 12.3 Å². The number of para-hydroxylation sites is 1. The number of carbonyl (C=O) groups excluding carboxylic acids is 2. The lowest BCUT2D eigenvalue weighted by Crippen LogP contribution is -2.34. The van der Waals surface area contributed by atoms with Crippen LogP contribution in [0.2, 0.25) is 0 Å². The number of benzene rings is 2. The van der Waals surface area contributed by atoms with Crippen LogP contribution in [-0.2, 0) is 25.6 Å². The Balaban J connectivity index is 1.77. The molecule has 0 saturated heterocycles. The Hall–Kier alpha value is -4.18. The molecule has 3 rings (SSSR count). The number of nitrogens with zero attached hydrogens (tertiary/aromatic N) is 2. The lowest BCUT2D eigenvalue weighted by molar-refractivity contribution is -0.145. The van der Waals surface area contributed by atoms with Crippen LogP contribution in [0.3, 0.4) is 0 Å². The summed E-state index contributed by atoms with van der Waals surface area (Å²) in [4.78, 5) is 24.8. The normalized spacial score (nSPS) is 11.5. The molecule has 0 bridgehead atoms. The molecule has 4 N–H and O–H groups in total. The van der Waals surface area contributed by atoms with E-state index in [0.717, 1.165) is 11.1 Å². The zero-order valence-electron chi connectivity index (χ0n) is 20.6. The van der Waals surface area contributed by atoms with E-state index in [1.54, 1.807) is 56.4 Å². The Bertz CT molecular complexity index is 1210. The largest absolute Gasteiger partial charge is 0.481 e. The van der Waals surface area contributed by atoms with Gasteiger partial charge in [0.1, 0.15) is 11.6 Å². The highest BCUT2D eigenvalue weighted by molar-refractivity contribution is 5.94. The maximum Gasteiger partial charge on any atom is 0.344 e. The summed E-state index contributed by atoms with van der Waals surface area (Å²) in [5, 5.41) is 15.0. The number of aromatic nitrogens is 2. The smallest absolute Gasteiger partial charge is 0.344 e. The van der Waals surface area contributed by atoms with Crippen molar-refractivity contribution in [2.45, 2.75) is 33.5 Å². The summed E-state index contributed by atoms with van der Waals surface area (Å²) in [5.41, 5.74) is 9.05. The average Bonchev–Trinajstić information content (AvgIpc) is 3.26. The molecule has 0 aliphatic heterocycles. The lowest BCUT2D eigenvalue weighted by atomic mass is 10.1. The van der Waals surface area contributed by atoms with E-state index in [-0.39, 0.29) is 31.5 Å². The molecule has 36 heavy (non-hydrogen) atoms. The van der Waals surface area contributed by atoms with Gasteiger partial charge in [-0.2, -0.15) is 5.10 Å². The monoisotopic (exact) mass is 493 g/mol. The number of aryl methyl sites for hydroxylation is 1.